The molecule has 5 heteroatoms. The van der Waals surface area contributed by atoms with E-state index in [4.69, 9.17) is 10.5 Å². The summed E-state index contributed by atoms with van der Waals surface area (Å²) in [6, 6.07) is -1.11. The van der Waals surface area contributed by atoms with E-state index < -0.39 is 12.1 Å². The number of nitrogens with zero attached hydrogens (tertiary/aromatic N) is 1. The summed E-state index contributed by atoms with van der Waals surface area (Å²) in [7, 11) is 1.40. The molecule has 1 amide bonds. The number of likely N-dealkylation sites (tertiary alicyclic amines) is 1. The molecule has 2 saturated carbocycles. The Kier molecular flexibility index (Phi) is 4.07. The van der Waals surface area contributed by atoms with Crippen LogP contribution in [0.5, 0.6) is 0 Å². The van der Waals surface area contributed by atoms with Crippen molar-refractivity contribution in [1.82, 2.24) is 4.90 Å². The number of carbonyl (C=O) groups excluding carboxylic acids is 2. The SMILES string of the molecule is COC(=O)C1CC2(CN1C(=O)C(N)C(C)(C)C)CC1(CCC1)C2(C)C. The number of hydrogen-bond acceptors (Lipinski definition) is 4. The first-order valence-electron chi connectivity index (χ1n) is 9.55. The molecule has 0 aromatic heterocycles. The van der Waals surface area contributed by atoms with Gasteiger partial charge < -0.3 is 15.4 Å². The molecule has 1 heterocycles. The lowest BCUT2D eigenvalue weighted by Crippen LogP contribution is -2.66. The number of methoxy groups -OCH3 is 1. The molecule has 3 atom stereocenters. The second-order valence-corrected chi connectivity index (χ2v) is 10.3. The lowest BCUT2D eigenvalue weighted by Gasteiger charge is -2.72. The molecule has 3 aliphatic rings. The van der Waals surface area contributed by atoms with E-state index in [2.05, 4.69) is 13.8 Å². The Morgan fingerprint density at radius 2 is 1.80 bits per heavy atom. The van der Waals surface area contributed by atoms with Crippen LogP contribution in [0.4, 0.5) is 0 Å². The maximum Gasteiger partial charge on any atom is 0.328 e. The monoisotopic (exact) mass is 350 g/mol. The summed E-state index contributed by atoms with van der Waals surface area (Å²) in [4.78, 5) is 27.3. The first-order valence-corrected chi connectivity index (χ1v) is 9.55. The van der Waals surface area contributed by atoms with Gasteiger partial charge in [0.25, 0.3) is 0 Å². The van der Waals surface area contributed by atoms with Gasteiger partial charge in [-0.15, -0.1) is 0 Å². The van der Waals surface area contributed by atoms with E-state index in [0.29, 0.717) is 18.4 Å². The van der Waals surface area contributed by atoms with Crippen molar-refractivity contribution in [2.45, 2.75) is 78.8 Å². The summed E-state index contributed by atoms with van der Waals surface area (Å²) in [5, 5.41) is 0. The van der Waals surface area contributed by atoms with E-state index >= 15 is 0 Å². The van der Waals surface area contributed by atoms with Gasteiger partial charge in [0.15, 0.2) is 0 Å². The van der Waals surface area contributed by atoms with Gasteiger partial charge in [-0.05, 0) is 47.3 Å². The molecule has 1 aliphatic heterocycles. The van der Waals surface area contributed by atoms with Crippen molar-refractivity contribution in [1.29, 1.82) is 0 Å². The molecule has 142 valence electrons. The number of carbonyl (C=O) groups is 2. The zero-order valence-electron chi connectivity index (χ0n) is 16.6. The molecule has 1 saturated heterocycles. The molecule has 3 rings (SSSR count). The van der Waals surface area contributed by atoms with Gasteiger partial charge in [0, 0.05) is 6.54 Å². The minimum Gasteiger partial charge on any atom is -0.467 e. The van der Waals surface area contributed by atoms with Gasteiger partial charge in [-0.2, -0.15) is 0 Å². The average Bonchev–Trinajstić information content (AvgIpc) is 2.90. The fourth-order valence-corrected chi connectivity index (χ4v) is 5.64. The van der Waals surface area contributed by atoms with Gasteiger partial charge in [0.1, 0.15) is 6.04 Å². The van der Waals surface area contributed by atoms with Gasteiger partial charge in [-0.25, -0.2) is 4.79 Å². The zero-order valence-corrected chi connectivity index (χ0v) is 16.6. The summed E-state index contributed by atoms with van der Waals surface area (Å²) in [5.74, 6) is -0.429. The van der Waals surface area contributed by atoms with Gasteiger partial charge in [-0.3, -0.25) is 4.79 Å². The molecule has 0 bridgehead atoms. The van der Waals surface area contributed by atoms with Crippen LogP contribution in [0.2, 0.25) is 0 Å². The van der Waals surface area contributed by atoms with Gasteiger partial charge in [0.2, 0.25) is 5.91 Å². The van der Waals surface area contributed by atoms with Gasteiger partial charge in [0.05, 0.1) is 13.2 Å². The van der Waals surface area contributed by atoms with E-state index in [1.165, 1.54) is 26.4 Å². The third-order valence-electron chi connectivity index (χ3n) is 8.03. The first kappa shape index (κ1) is 18.7. The van der Waals surface area contributed by atoms with Crippen LogP contribution in [0, 0.1) is 21.7 Å². The zero-order chi connectivity index (χ0) is 18.8. The van der Waals surface area contributed by atoms with E-state index in [-0.39, 0.29) is 28.1 Å². The van der Waals surface area contributed by atoms with Crippen molar-refractivity contribution in [3.8, 4) is 0 Å². The Hall–Kier alpha value is -1.10. The minimum atomic E-state index is -0.615. The topological polar surface area (TPSA) is 72.6 Å². The molecule has 5 nitrogen and oxygen atoms in total. The quantitative estimate of drug-likeness (QED) is 0.777. The molecule has 2 spiro atoms. The molecular formula is C20H34N2O3. The van der Waals surface area contributed by atoms with Crippen LogP contribution in [-0.2, 0) is 14.3 Å². The molecule has 0 radical (unpaired) electrons. The van der Waals surface area contributed by atoms with Crippen LogP contribution in [0.1, 0.15) is 66.7 Å². The highest BCUT2D eigenvalue weighted by atomic mass is 16.5. The van der Waals surface area contributed by atoms with Crippen LogP contribution >= 0.6 is 0 Å². The van der Waals surface area contributed by atoms with Crippen molar-refractivity contribution < 1.29 is 14.3 Å². The Morgan fingerprint density at radius 1 is 1.20 bits per heavy atom. The van der Waals surface area contributed by atoms with E-state index in [9.17, 15) is 9.59 Å². The standard InChI is InChI=1S/C20H34N2O3/c1-17(2,3)14(21)15(23)22-12-20(10-13(22)16(24)25-6)11-19(8-7-9-19)18(20,4)5/h13-14H,7-12,21H2,1-6H3. The second-order valence-electron chi connectivity index (χ2n) is 10.3. The number of nitrogens with two attached hydrogens (primary N) is 1. The first-order chi connectivity index (χ1) is 11.4. The van der Waals surface area contributed by atoms with E-state index in [0.717, 1.165) is 6.42 Å². The predicted molar refractivity (Wildman–Crippen MR) is 96.7 cm³/mol. The molecule has 2 aliphatic carbocycles. The fourth-order valence-electron chi connectivity index (χ4n) is 5.64. The third-order valence-corrected chi connectivity index (χ3v) is 8.03. The Morgan fingerprint density at radius 3 is 2.20 bits per heavy atom. The smallest absolute Gasteiger partial charge is 0.328 e. The summed E-state index contributed by atoms with van der Waals surface area (Å²) in [5.41, 5.74) is 6.48. The lowest BCUT2D eigenvalue weighted by atomic mass is 9.32. The molecule has 3 fully saturated rings. The minimum absolute atomic E-state index is 0.0134. The van der Waals surface area contributed by atoms with Crippen LogP contribution in [0.15, 0.2) is 0 Å². The Balaban J connectivity index is 1.88. The Labute approximate surface area is 151 Å². The average molecular weight is 351 g/mol. The third kappa shape index (κ3) is 2.37. The number of hydrogen-bond donors (Lipinski definition) is 1. The number of amides is 1. The largest absolute Gasteiger partial charge is 0.467 e. The molecule has 25 heavy (non-hydrogen) atoms. The molecule has 2 N–H and O–H groups in total. The van der Waals surface area contributed by atoms with Crippen molar-refractivity contribution in [2.75, 3.05) is 13.7 Å². The van der Waals surface area contributed by atoms with Gasteiger partial charge in [-0.1, -0.05) is 41.0 Å². The highest BCUT2D eigenvalue weighted by Crippen LogP contribution is 2.77. The van der Waals surface area contributed by atoms with Crippen LogP contribution in [0.3, 0.4) is 0 Å². The highest BCUT2D eigenvalue weighted by Gasteiger charge is 2.73. The molecule has 0 aromatic rings. The van der Waals surface area contributed by atoms with Crippen LogP contribution in [-0.4, -0.2) is 42.5 Å². The van der Waals surface area contributed by atoms with Crippen LogP contribution in [0.25, 0.3) is 0 Å². The maximum absolute atomic E-state index is 13.1. The molecule has 0 aromatic carbocycles. The number of ether oxygens (including phenoxy) is 1. The summed E-state index contributed by atoms with van der Waals surface area (Å²) < 4.78 is 5.03. The van der Waals surface area contributed by atoms with Crippen molar-refractivity contribution in [2.24, 2.45) is 27.4 Å². The Bertz CT molecular complexity index is 588. The number of esters is 1. The molecular weight excluding hydrogens is 316 g/mol. The van der Waals surface area contributed by atoms with Crippen molar-refractivity contribution in [3.63, 3.8) is 0 Å². The summed E-state index contributed by atoms with van der Waals surface area (Å²) in [6.07, 6.45) is 5.68. The molecule has 3 unspecified atom stereocenters. The fraction of sp³-hybridized carbons (Fsp3) is 0.900. The van der Waals surface area contributed by atoms with E-state index in [1.807, 2.05) is 20.8 Å². The van der Waals surface area contributed by atoms with Crippen molar-refractivity contribution >= 4 is 11.9 Å². The summed E-state index contributed by atoms with van der Waals surface area (Å²) in [6.45, 7) is 11.2. The summed E-state index contributed by atoms with van der Waals surface area (Å²) >= 11 is 0. The highest BCUT2D eigenvalue weighted by molar-refractivity contribution is 5.89. The second kappa shape index (κ2) is 5.45. The van der Waals surface area contributed by atoms with Crippen molar-refractivity contribution in [3.05, 3.63) is 0 Å². The van der Waals surface area contributed by atoms with E-state index in [1.54, 1.807) is 4.90 Å². The number of rotatable bonds is 2. The van der Waals surface area contributed by atoms with Gasteiger partial charge >= 0.3 is 5.97 Å². The van der Waals surface area contributed by atoms with Crippen LogP contribution < -0.4 is 5.73 Å². The maximum atomic E-state index is 13.1. The normalized spacial score (nSPS) is 33.7. The predicted octanol–water partition coefficient (Wildman–Crippen LogP) is 2.72. The lowest BCUT2D eigenvalue weighted by molar-refractivity contribution is -0.231.